The first-order chi connectivity index (χ1) is 13.3. The largest absolute Gasteiger partial charge is 0.493 e. The molecule has 0 spiro atoms. The van der Waals surface area contributed by atoms with Gasteiger partial charge in [0.15, 0.2) is 27.9 Å². The van der Waals surface area contributed by atoms with Gasteiger partial charge >= 0.3 is 0 Å². The summed E-state index contributed by atoms with van der Waals surface area (Å²) >= 11 is 0. The molecule has 1 aromatic rings. The molecule has 0 bridgehead atoms. The molecule has 2 rings (SSSR count). The van der Waals surface area contributed by atoms with E-state index < -0.39 is 9.84 Å². The standard InChI is InChI=1S/C19H28N2O6S/c1-14(2)11-21(16-7-8-28(23,24)13-16)19(22)12-27-20-10-15-5-6-17(25-3)18(9-15)26-4/h5-6,9-10,14,16H,7-8,11-13H2,1-4H3/b20-10-/t16-/m1/s1. The molecule has 8 nitrogen and oxygen atoms in total. The maximum atomic E-state index is 12.6. The second kappa shape index (κ2) is 9.77. The van der Waals surface area contributed by atoms with Crippen LogP contribution in [0.5, 0.6) is 11.5 Å². The van der Waals surface area contributed by atoms with Gasteiger partial charge in [-0.3, -0.25) is 4.79 Å². The summed E-state index contributed by atoms with van der Waals surface area (Å²) in [7, 11) is 0.0267. The Morgan fingerprint density at radius 2 is 2.00 bits per heavy atom. The number of carbonyl (C=O) groups excluding carboxylic acids is 1. The summed E-state index contributed by atoms with van der Waals surface area (Å²) in [6, 6.07) is 4.97. The van der Waals surface area contributed by atoms with Crippen molar-refractivity contribution in [2.45, 2.75) is 26.3 Å². The van der Waals surface area contributed by atoms with E-state index >= 15 is 0 Å². The van der Waals surface area contributed by atoms with Crippen LogP contribution in [0.2, 0.25) is 0 Å². The van der Waals surface area contributed by atoms with Crippen LogP contribution in [0.4, 0.5) is 0 Å². The van der Waals surface area contributed by atoms with E-state index in [4.69, 9.17) is 14.3 Å². The third-order valence-corrected chi connectivity index (χ3v) is 6.15. The molecule has 0 saturated carbocycles. The average molecular weight is 413 g/mol. The third kappa shape index (κ3) is 6.12. The van der Waals surface area contributed by atoms with Gasteiger partial charge < -0.3 is 19.2 Å². The number of oxime groups is 1. The number of hydrogen-bond acceptors (Lipinski definition) is 7. The Kier molecular flexibility index (Phi) is 7.68. The highest BCUT2D eigenvalue weighted by molar-refractivity contribution is 7.91. The Bertz CT molecular complexity index is 807. The van der Waals surface area contributed by atoms with Crippen LogP contribution in [0, 0.1) is 5.92 Å². The van der Waals surface area contributed by atoms with E-state index in [0.29, 0.717) is 24.5 Å². The summed E-state index contributed by atoms with van der Waals surface area (Å²) in [5, 5.41) is 3.84. The lowest BCUT2D eigenvalue weighted by Gasteiger charge is -2.29. The molecule has 28 heavy (non-hydrogen) atoms. The SMILES string of the molecule is COc1ccc(/C=N\OCC(=O)N(CC(C)C)[C@@H]2CCS(=O)(=O)C2)cc1OC. The first-order valence-corrected chi connectivity index (χ1v) is 10.9. The minimum absolute atomic E-state index is 0.0143. The van der Waals surface area contributed by atoms with Crippen LogP contribution < -0.4 is 9.47 Å². The van der Waals surface area contributed by atoms with Gasteiger partial charge in [0.25, 0.3) is 5.91 Å². The molecular formula is C19H28N2O6S. The van der Waals surface area contributed by atoms with Crippen molar-refractivity contribution in [2.24, 2.45) is 11.1 Å². The van der Waals surface area contributed by atoms with Crippen LogP contribution in [-0.4, -0.2) is 70.4 Å². The number of sulfone groups is 1. The number of amides is 1. The fourth-order valence-electron chi connectivity index (χ4n) is 3.08. The molecule has 1 aliphatic rings. The van der Waals surface area contributed by atoms with Gasteiger partial charge in [0, 0.05) is 18.2 Å². The zero-order valence-corrected chi connectivity index (χ0v) is 17.6. The molecule has 1 amide bonds. The molecule has 1 aliphatic heterocycles. The van der Waals surface area contributed by atoms with Crippen LogP contribution in [-0.2, 0) is 19.5 Å². The van der Waals surface area contributed by atoms with Gasteiger partial charge in [-0.2, -0.15) is 0 Å². The van der Waals surface area contributed by atoms with Crippen molar-refractivity contribution in [3.63, 3.8) is 0 Å². The molecule has 0 radical (unpaired) electrons. The van der Waals surface area contributed by atoms with Gasteiger partial charge in [0.1, 0.15) is 0 Å². The third-order valence-electron chi connectivity index (χ3n) is 4.40. The molecule has 0 aromatic heterocycles. The van der Waals surface area contributed by atoms with Gasteiger partial charge in [-0.1, -0.05) is 19.0 Å². The Balaban J connectivity index is 1.96. The summed E-state index contributed by atoms with van der Waals surface area (Å²) < 4.78 is 33.9. The molecule has 1 fully saturated rings. The van der Waals surface area contributed by atoms with E-state index in [9.17, 15) is 13.2 Å². The monoisotopic (exact) mass is 412 g/mol. The number of nitrogens with zero attached hydrogens (tertiary/aromatic N) is 2. The number of carbonyl (C=O) groups is 1. The van der Waals surface area contributed by atoms with E-state index in [0.717, 1.165) is 5.56 Å². The number of hydrogen-bond donors (Lipinski definition) is 0. The van der Waals surface area contributed by atoms with Crippen molar-refractivity contribution >= 4 is 22.0 Å². The number of benzene rings is 1. The molecule has 156 valence electrons. The van der Waals surface area contributed by atoms with E-state index in [-0.39, 0.29) is 36.0 Å². The number of methoxy groups -OCH3 is 2. The van der Waals surface area contributed by atoms with Crippen molar-refractivity contribution in [1.82, 2.24) is 4.90 Å². The van der Waals surface area contributed by atoms with Crippen LogP contribution in [0.1, 0.15) is 25.8 Å². The summed E-state index contributed by atoms with van der Waals surface area (Å²) in [6.07, 6.45) is 1.94. The quantitative estimate of drug-likeness (QED) is 0.453. The van der Waals surface area contributed by atoms with E-state index in [1.807, 2.05) is 13.8 Å². The second-order valence-corrected chi connectivity index (χ2v) is 9.35. The molecule has 0 N–H and O–H groups in total. The number of ether oxygens (including phenoxy) is 2. The smallest absolute Gasteiger partial charge is 0.263 e. The highest BCUT2D eigenvalue weighted by Gasteiger charge is 2.34. The Hall–Kier alpha value is -2.29. The molecule has 9 heteroatoms. The normalized spacial score (nSPS) is 18.4. The highest BCUT2D eigenvalue weighted by Crippen LogP contribution is 2.26. The highest BCUT2D eigenvalue weighted by atomic mass is 32.2. The number of rotatable bonds is 9. The first kappa shape index (κ1) is 22.0. The zero-order valence-electron chi connectivity index (χ0n) is 16.8. The Labute approximate surface area is 166 Å². The molecule has 1 atom stereocenters. The predicted molar refractivity (Wildman–Crippen MR) is 107 cm³/mol. The fraction of sp³-hybridized carbons (Fsp3) is 0.579. The average Bonchev–Trinajstić information content (AvgIpc) is 3.02. The maximum absolute atomic E-state index is 12.6. The van der Waals surface area contributed by atoms with Gasteiger partial charge in [-0.15, -0.1) is 0 Å². The molecular weight excluding hydrogens is 384 g/mol. The molecule has 1 saturated heterocycles. The van der Waals surface area contributed by atoms with Gasteiger partial charge in [0.05, 0.1) is 31.9 Å². The molecule has 0 aliphatic carbocycles. The van der Waals surface area contributed by atoms with Crippen LogP contribution >= 0.6 is 0 Å². The fourth-order valence-corrected chi connectivity index (χ4v) is 4.81. The van der Waals surface area contributed by atoms with Crippen molar-refractivity contribution in [1.29, 1.82) is 0 Å². The Morgan fingerprint density at radius 1 is 1.29 bits per heavy atom. The van der Waals surface area contributed by atoms with Gasteiger partial charge in [-0.05, 0) is 30.5 Å². The van der Waals surface area contributed by atoms with Crippen LogP contribution in [0.15, 0.2) is 23.4 Å². The molecule has 1 aromatic carbocycles. The van der Waals surface area contributed by atoms with Crippen LogP contribution in [0.3, 0.4) is 0 Å². The van der Waals surface area contributed by atoms with E-state index in [2.05, 4.69) is 5.16 Å². The summed E-state index contributed by atoms with van der Waals surface area (Å²) in [5.74, 6) is 1.26. The lowest BCUT2D eigenvalue weighted by molar-refractivity contribution is -0.138. The first-order valence-electron chi connectivity index (χ1n) is 9.13. The van der Waals surface area contributed by atoms with Gasteiger partial charge in [0.2, 0.25) is 0 Å². The molecule has 0 unspecified atom stereocenters. The van der Waals surface area contributed by atoms with Crippen molar-refractivity contribution in [2.75, 3.05) is 38.9 Å². The lowest BCUT2D eigenvalue weighted by Crippen LogP contribution is -2.44. The minimum atomic E-state index is -3.07. The summed E-state index contributed by atoms with van der Waals surface area (Å²) in [4.78, 5) is 19.3. The molecule has 1 heterocycles. The maximum Gasteiger partial charge on any atom is 0.263 e. The predicted octanol–water partition coefficient (Wildman–Crippen LogP) is 1.73. The van der Waals surface area contributed by atoms with Crippen molar-refractivity contribution < 1.29 is 27.5 Å². The van der Waals surface area contributed by atoms with E-state index in [1.54, 1.807) is 37.3 Å². The second-order valence-electron chi connectivity index (χ2n) is 7.12. The minimum Gasteiger partial charge on any atom is -0.493 e. The zero-order chi connectivity index (χ0) is 20.7. The lowest BCUT2D eigenvalue weighted by atomic mass is 10.1. The van der Waals surface area contributed by atoms with Crippen molar-refractivity contribution in [3.8, 4) is 11.5 Å². The van der Waals surface area contributed by atoms with Gasteiger partial charge in [-0.25, -0.2) is 8.42 Å². The summed E-state index contributed by atoms with van der Waals surface area (Å²) in [6.45, 7) is 4.22. The summed E-state index contributed by atoms with van der Waals surface area (Å²) in [5.41, 5.74) is 0.728. The van der Waals surface area contributed by atoms with E-state index in [1.165, 1.54) is 6.21 Å². The Morgan fingerprint density at radius 3 is 2.57 bits per heavy atom. The topological polar surface area (TPSA) is 94.5 Å². The van der Waals surface area contributed by atoms with Crippen molar-refractivity contribution in [3.05, 3.63) is 23.8 Å². The van der Waals surface area contributed by atoms with Crippen LogP contribution in [0.25, 0.3) is 0 Å².